The summed E-state index contributed by atoms with van der Waals surface area (Å²) in [6.07, 6.45) is 6.12. The van der Waals surface area contributed by atoms with Crippen molar-refractivity contribution in [2.45, 2.75) is 25.3 Å². The molecular formula is C11H15N3O. The molecule has 1 aliphatic heterocycles. The lowest BCUT2D eigenvalue weighted by atomic mass is 10.1. The van der Waals surface area contributed by atoms with Gasteiger partial charge in [-0.15, -0.1) is 0 Å². The van der Waals surface area contributed by atoms with E-state index in [0.717, 1.165) is 25.1 Å². The Morgan fingerprint density at radius 3 is 3.27 bits per heavy atom. The third-order valence-corrected chi connectivity index (χ3v) is 2.52. The number of nitrogens with zero attached hydrogens (tertiary/aromatic N) is 1. The Bertz CT molecular complexity index is 326. The van der Waals surface area contributed by atoms with E-state index in [9.17, 15) is 4.79 Å². The molecular weight excluding hydrogens is 190 g/mol. The number of rotatable bonds is 2. The Morgan fingerprint density at radius 1 is 1.53 bits per heavy atom. The second-order valence-electron chi connectivity index (χ2n) is 3.78. The summed E-state index contributed by atoms with van der Waals surface area (Å²) < 4.78 is 0. The molecule has 80 valence electrons. The number of hydrogen-bond donors (Lipinski definition) is 2. The van der Waals surface area contributed by atoms with Crippen molar-refractivity contribution in [3.63, 3.8) is 0 Å². The van der Waals surface area contributed by atoms with E-state index in [1.807, 2.05) is 12.1 Å². The van der Waals surface area contributed by atoms with Gasteiger partial charge in [0.2, 0.25) is 5.91 Å². The molecule has 1 aliphatic rings. The van der Waals surface area contributed by atoms with Crippen molar-refractivity contribution in [2.24, 2.45) is 0 Å². The highest BCUT2D eigenvalue weighted by atomic mass is 16.1. The van der Waals surface area contributed by atoms with E-state index < -0.39 is 0 Å². The normalized spacial score (nSPS) is 21.6. The first kappa shape index (κ1) is 9.96. The molecule has 1 unspecified atom stereocenters. The van der Waals surface area contributed by atoms with Gasteiger partial charge in [0.05, 0.1) is 5.69 Å². The molecule has 2 rings (SSSR count). The molecule has 2 N–H and O–H groups in total. The highest BCUT2D eigenvalue weighted by Gasteiger charge is 2.16. The van der Waals surface area contributed by atoms with Crippen LogP contribution in [-0.2, 0) is 4.79 Å². The van der Waals surface area contributed by atoms with Crippen LogP contribution in [0.25, 0.3) is 0 Å². The van der Waals surface area contributed by atoms with Gasteiger partial charge in [-0.2, -0.15) is 0 Å². The fourth-order valence-electron chi connectivity index (χ4n) is 1.78. The third-order valence-electron chi connectivity index (χ3n) is 2.52. The second-order valence-corrected chi connectivity index (χ2v) is 3.78. The monoisotopic (exact) mass is 205 g/mol. The summed E-state index contributed by atoms with van der Waals surface area (Å²) >= 11 is 0. The summed E-state index contributed by atoms with van der Waals surface area (Å²) in [6, 6.07) is 4.09. The van der Waals surface area contributed by atoms with E-state index in [4.69, 9.17) is 0 Å². The second kappa shape index (κ2) is 4.77. The highest BCUT2D eigenvalue weighted by molar-refractivity contribution is 5.77. The molecule has 1 aromatic heterocycles. The van der Waals surface area contributed by atoms with Crippen molar-refractivity contribution in [3.05, 3.63) is 24.5 Å². The van der Waals surface area contributed by atoms with Crippen molar-refractivity contribution < 1.29 is 4.79 Å². The number of anilines is 1. The van der Waals surface area contributed by atoms with Gasteiger partial charge in [-0.1, -0.05) is 0 Å². The summed E-state index contributed by atoms with van der Waals surface area (Å²) in [6.45, 7) is 0.796. The first-order valence-corrected chi connectivity index (χ1v) is 5.28. The zero-order valence-corrected chi connectivity index (χ0v) is 8.57. The summed E-state index contributed by atoms with van der Waals surface area (Å²) in [5.41, 5.74) is 0.984. The van der Waals surface area contributed by atoms with Gasteiger partial charge in [-0.25, -0.2) is 0 Å². The maximum absolute atomic E-state index is 11.3. The predicted molar refractivity (Wildman–Crippen MR) is 58.5 cm³/mol. The van der Waals surface area contributed by atoms with Crippen LogP contribution in [0.5, 0.6) is 0 Å². The molecule has 1 aromatic rings. The van der Waals surface area contributed by atoms with Crippen molar-refractivity contribution in [1.82, 2.24) is 10.3 Å². The molecule has 2 heterocycles. The maximum atomic E-state index is 11.3. The number of pyridine rings is 1. The van der Waals surface area contributed by atoms with Crippen LogP contribution in [0.15, 0.2) is 24.5 Å². The van der Waals surface area contributed by atoms with Gasteiger partial charge in [-0.3, -0.25) is 9.78 Å². The van der Waals surface area contributed by atoms with Crippen LogP contribution in [0.4, 0.5) is 5.69 Å². The molecule has 4 nitrogen and oxygen atoms in total. The molecule has 0 spiro atoms. The lowest BCUT2D eigenvalue weighted by Gasteiger charge is -2.15. The van der Waals surface area contributed by atoms with E-state index in [2.05, 4.69) is 15.6 Å². The van der Waals surface area contributed by atoms with Gasteiger partial charge in [0.1, 0.15) is 0 Å². The number of amides is 1. The van der Waals surface area contributed by atoms with Gasteiger partial charge in [0, 0.05) is 31.4 Å². The number of nitrogens with one attached hydrogen (secondary N) is 2. The fourth-order valence-corrected chi connectivity index (χ4v) is 1.78. The van der Waals surface area contributed by atoms with E-state index in [0.29, 0.717) is 6.42 Å². The molecule has 1 atom stereocenters. The van der Waals surface area contributed by atoms with Gasteiger partial charge in [0.15, 0.2) is 0 Å². The number of carbonyl (C=O) groups excluding carboxylic acids is 1. The minimum absolute atomic E-state index is 0.133. The fraction of sp³-hybridized carbons (Fsp3) is 0.455. The SMILES string of the molecule is O=C1CC(Nc2cccnc2)CCCN1. The lowest BCUT2D eigenvalue weighted by molar-refractivity contribution is -0.120. The standard InChI is InChI=1S/C11H15N3O/c15-11-7-9(3-2-6-13-11)14-10-4-1-5-12-8-10/h1,4-5,8-9,14H,2-3,6-7H2,(H,13,15). The molecule has 0 bridgehead atoms. The summed E-state index contributed by atoms with van der Waals surface area (Å²) in [4.78, 5) is 15.3. The molecule has 15 heavy (non-hydrogen) atoms. The zero-order chi connectivity index (χ0) is 10.5. The minimum atomic E-state index is 0.133. The number of carbonyl (C=O) groups is 1. The Hall–Kier alpha value is -1.58. The lowest BCUT2D eigenvalue weighted by Crippen LogP contribution is -2.26. The highest BCUT2D eigenvalue weighted by Crippen LogP contribution is 2.13. The topological polar surface area (TPSA) is 54.0 Å². The van der Waals surface area contributed by atoms with Gasteiger partial charge < -0.3 is 10.6 Å². The van der Waals surface area contributed by atoms with Crippen LogP contribution < -0.4 is 10.6 Å². The average Bonchev–Trinajstić information content (AvgIpc) is 2.44. The Balaban J connectivity index is 1.96. The van der Waals surface area contributed by atoms with Crippen LogP contribution in [-0.4, -0.2) is 23.5 Å². The van der Waals surface area contributed by atoms with Crippen molar-refractivity contribution >= 4 is 11.6 Å². The van der Waals surface area contributed by atoms with Crippen molar-refractivity contribution in [3.8, 4) is 0 Å². The Morgan fingerprint density at radius 2 is 2.47 bits per heavy atom. The molecule has 0 aromatic carbocycles. The quantitative estimate of drug-likeness (QED) is 0.761. The summed E-state index contributed by atoms with van der Waals surface area (Å²) in [5, 5.41) is 6.19. The van der Waals surface area contributed by atoms with Crippen LogP contribution in [0.1, 0.15) is 19.3 Å². The van der Waals surface area contributed by atoms with E-state index in [-0.39, 0.29) is 11.9 Å². The van der Waals surface area contributed by atoms with Gasteiger partial charge >= 0.3 is 0 Å². The van der Waals surface area contributed by atoms with Crippen LogP contribution in [0.3, 0.4) is 0 Å². The molecule has 4 heteroatoms. The van der Waals surface area contributed by atoms with Gasteiger partial charge in [0.25, 0.3) is 0 Å². The Kier molecular flexibility index (Phi) is 3.17. The largest absolute Gasteiger partial charge is 0.381 e. The maximum Gasteiger partial charge on any atom is 0.222 e. The molecule has 0 radical (unpaired) electrons. The molecule has 1 saturated heterocycles. The smallest absolute Gasteiger partial charge is 0.222 e. The average molecular weight is 205 g/mol. The minimum Gasteiger partial charge on any atom is -0.381 e. The number of hydrogen-bond acceptors (Lipinski definition) is 3. The van der Waals surface area contributed by atoms with Crippen LogP contribution >= 0.6 is 0 Å². The first-order chi connectivity index (χ1) is 7.34. The number of aromatic nitrogens is 1. The van der Waals surface area contributed by atoms with Gasteiger partial charge in [-0.05, 0) is 25.0 Å². The summed E-state index contributed by atoms with van der Waals surface area (Å²) in [7, 11) is 0. The van der Waals surface area contributed by atoms with Crippen LogP contribution in [0.2, 0.25) is 0 Å². The van der Waals surface area contributed by atoms with E-state index in [1.165, 1.54) is 0 Å². The van der Waals surface area contributed by atoms with Crippen LogP contribution in [0, 0.1) is 0 Å². The van der Waals surface area contributed by atoms with E-state index >= 15 is 0 Å². The van der Waals surface area contributed by atoms with Crippen molar-refractivity contribution in [2.75, 3.05) is 11.9 Å². The zero-order valence-electron chi connectivity index (χ0n) is 8.57. The molecule has 1 fully saturated rings. The van der Waals surface area contributed by atoms with E-state index in [1.54, 1.807) is 12.4 Å². The van der Waals surface area contributed by atoms with Crippen molar-refractivity contribution in [1.29, 1.82) is 0 Å². The third kappa shape index (κ3) is 2.94. The predicted octanol–water partition coefficient (Wildman–Crippen LogP) is 1.16. The Labute approximate surface area is 89.1 Å². The molecule has 1 amide bonds. The molecule has 0 saturated carbocycles. The molecule has 0 aliphatic carbocycles. The first-order valence-electron chi connectivity index (χ1n) is 5.28. The summed E-state index contributed by atoms with van der Waals surface area (Å²) in [5.74, 6) is 0.133.